The van der Waals surface area contributed by atoms with Gasteiger partial charge in [0, 0.05) is 31.0 Å². The van der Waals surface area contributed by atoms with E-state index < -0.39 is 23.5 Å². The molecule has 1 unspecified atom stereocenters. The number of carbonyl (C=O) groups excluding carboxylic acids is 4. The van der Waals surface area contributed by atoms with E-state index in [0.717, 1.165) is 10.5 Å². The van der Waals surface area contributed by atoms with Gasteiger partial charge in [0.15, 0.2) is 5.78 Å². The van der Waals surface area contributed by atoms with Gasteiger partial charge in [0.2, 0.25) is 5.91 Å². The SMILES string of the molecule is Cc1cc(Cl)cc2c1OC1(CCN(C(=O)C(C)N3C(=O)c4ccccc4C3=O)CC1)CC2=O. The number of Topliss-reactive ketones (excluding diaryl/α,β-unsaturated/α-hetero) is 1. The number of ketones is 1. The van der Waals surface area contributed by atoms with E-state index >= 15 is 0 Å². The number of hydrogen-bond acceptors (Lipinski definition) is 5. The highest BCUT2D eigenvalue weighted by molar-refractivity contribution is 6.31. The molecule has 1 saturated heterocycles. The normalized spacial score (nSPS) is 19.9. The number of nitrogens with zero attached hydrogens (tertiary/aromatic N) is 2. The summed E-state index contributed by atoms with van der Waals surface area (Å²) in [7, 11) is 0. The second-order valence-electron chi connectivity index (χ2n) is 9.01. The molecule has 0 bridgehead atoms. The van der Waals surface area contributed by atoms with Crippen molar-refractivity contribution in [2.45, 2.75) is 44.8 Å². The number of piperidine rings is 1. The summed E-state index contributed by atoms with van der Waals surface area (Å²) in [6.45, 7) is 4.20. The van der Waals surface area contributed by atoms with Crippen molar-refractivity contribution in [3.8, 4) is 5.75 Å². The summed E-state index contributed by atoms with van der Waals surface area (Å²) < 4.78 is 6.35. The van der Waals surface area contributed by atoms with Gasteiger partial charge in [0.05, 0.1) is 23.1 Å². The molecular weight excluding hydrogens is 444 g/mol. The quantitative estimate of drug-likeness (QED) is 0.631. The van der Waals surface area contributed by atoms with Crippen molar-refractivity contribution in [3.05, 3.63) is 63.7 Å². The molecule has 170 valence electrons. The molecule has 3 amide bonds. The number of carbonyl (C=O) groups is 4. The Morgan fingerprint density at radius 1 is 1.03 bits per heavy atom. The Labute approximate surface area is 196 Å². The summed E-state index contributed by atoms with van der Waals surface area (Å²) in [5, 5.41) is 0.502. The van der Waals surface area contributed by atoms with Gasteiger partial charge in [0.1, 0.15) is 17.4 Å². The Morgan fingerprint density at radius 3 is 2.24 bits per heavy atom. The number of ether oxygens (including phenoxy) is 1. The molecule has 7 nitrogen and oxygen atoms in total. The van der Waals surface area contributed by atoms with Crippen LogP contribution < -0.4 is 4.74 Å². The highest BCUT2D eigenvalue weighted by Crippen LogP contribution is 2.42. The Bertz CT molecular complexity index is 1180. The molecule has 8 heteroatoms. The van der Waals surface area contributed by atoms with E-state index in [1.54, 1.807) is 48.2 Å². The van der Waals surface area contributed by atoms with Gasteiger partial charge in [-0.1, -0.05) is 23.7 Å². The Kier molecular flexibility index (Phi) is 5.05. The average Bonchev–Trinajstić information content (AvgIpc) is 3.05. The van der Waals surface area contributed by atoms with E-state index in [0.29, 0.717) is 53.4 Å². The average molecular weight is 467 g/mol. The van der Waals surface area contributed by atoms with E-state index in [9.17, 15) is 19.2 Å². The molecule has 3 aliphatic heterocycles. The number of aryl methyl sites for hydroxylation is 1. The Balaban J connectivity index is 1.30. The van der Waals surface area contributed by atoms with Gasteiger partial charge >= 0.3 is 0 Å². The van der Waals surface area contributed by atoms with Crippen molar-refractivity contribution in [2.75, 3.05) is 13.1 Å². The van der Waals surface area contributed by atoms with Crippen LogP contribution in [0.2, 0.25) is 5.02 Å². The van der Waals surface area contributed by atoms with Crippen LogP contribution in [0.3, 0.4) is 0 Å². The van der Waals surface area contributed by atoms with Crippen LogP contribution in [0.1, 0.15) is 62.8 Å². The van der Waals surface area contributed by atoms with Crippen LogP contribution in [0.5, 0.6) is 5.75 Å². The van der Waals surface area contributed by atoms with Crippen LogP contribution >= 0.6 is 11.6 Å². The smallest absolute Gasteiger partial charge is 0.262 e. The first-order chi connectivity index (χ1) is 15.7. The maximum absolute atomic E-state index is 13.2. The Morgan fingerprint density at radius 2 is 1.64 bits per heavy atom. The highest BCUT2D eigenvalue weighted by atomic mass is 35.5. The monoisotopic (exact) mass is 466 g/mol. The van der Waals surface area contributed by atoms with Gasteiger partial charge in [-0.15, -0.1) is 0 Å². The molecule has 2 aromatic carbocycles. The zero-order chi connectivity index (χ0) is 23.5. The number of likely N-dealkylation sites (tertiary alicyclic amines) is 1. The van der Waals surface area contributed by atoms with Gasteiger partial charge < -0.3 is 9.64 Å². The van der Waals surface area contributed by atoms with Crippen LogP contribution in [-0.2, 0) is 4.79 Å². The van der Waals surface area contributed by atoms with Crippen LogP contribution in [0, 0.1) is 6.92 Å². The molecule has 3 aliphatic rings. The van der Waals surface area contributed by atoms with Crippen LogP contribution in [0.15, 0.2) is 36.4 Å². The lowest BCUT2D eigenvalue weighted by Crippen LogP contribution is -2.56. The molecule has 0 radical (unpaired) electrons. The molecule has 5 rings (SSSR count). The molecule has 3 heterocycles. The van der Waals surface area contributed by atoms with Crippen molar-refractivity contribution in [3.63, 3.8) is 0 Å². The largest absolute Gasteiger partial charge is 0.486 e. The van der Waals surface area contributed by atoms with E-state index in [4.69, 9.17) is 16.3 Å². The number of rotatable bonds is 2. The third-order valence-corrected chi connectivity index (χ3v) is 7.12. The van der Waals surface area contributed by atoms with Crippen molar-refractivity contribution in [1.82, 2.24) is 9.80 Å². The number of amides is 3. The molecular formula is C25H23ClN2O5. The molecule has 1 spiro atoms. The first kappa shape index (κ1) is 21.6. The molecule has 2 aromatic rings. The predicted octanol–water partition coefficient (Wildman–Crippen LogP) is 3.66. The number of imide groups is 1. The number of fused-ring (bicyclic) bond motifs is 2. The third kappa shape index (κ3) is 3.42. The standard InChI is InChI=1S/C25H23ClN2O5/c1-14-11-16(26)12-19-20(29)13-25(33-21(14)19)7-9-27(10-8-25)22(30)15(2)28-23(31)17-5-3-4-6-18(17)24(28)32/h3-6,11-12,15H,7-10,13H2,1-2H3. The number of halogens is 1. The van der Waals surface area contributed by atoms with Crippen LogP contribution in [0.25, 0.3) is 0 Å². The van der Waals surface area contributed by atoms with Gasteiger partial charge in [-0.05, 0) is 43.7 Å². The van der Waals surface area contributed by atoms with Gasteiger partial charge in [-0.3, -0.25) is 24.1 Å². The van der Waals surface area contributed by atoms with Crippen molar-refractivity contribution >= 4 is 35.1 Å². The van der Waals surface area contributed by atoms with Crippen LogP contribution in [0.4, 0.5) is 0 Å². The lowest BCUT2D eigenvalue weighted by molar-refractivity contribution is -0.138. The minimum absolute atomic E-state index is 0.0129. The summed E-state index contributed by atoms with van der Waals surface area (Å²) in [4.78, 5) is 54.3. The van der Waals surface area contributed by atoms with Crippen molar-refractivity contribution in [2.24, 2.45) is 0 Å². The second kappa shape index (κ2) is 7.70. The second-order valence-corrected chi connectivity index (χ2v) is 9.45. The first-order valence-corrected chi connectivity index (χ1v) is 11.4. The van der Waals surface area contributed by atoms with E-state index in [1.165, 1.54) is 0 Å². The van der Waals surface area contributed by atoms with Gasteiger partial charge in [-0.25, -0.2) is 0 Å². The van der Waals surface area contributed by atoms with E-state index in [-0.39, 0.29) is 18.1 Å². The maximum Gasteiger partial charge on any atom is 0.262 e. The van der Waals surface area contributed by atoms with Gasteiger partial charge in [-0.2, -0.15) is 0 Å². The lowest BCUT2D eigenvalue weighted by atomic mass is 9.82. The molecule has 0 aliphatic carbocycles. The third-order valence-electron chi connectivity index (χ3n) is 6.90. The zero-order valence-corrected chi connectivity index (χ0v) is 19.1. The fraction of sp³-hybridized carbons (Fsp3) is 0.360. The lowest BCUT2D eigenvalue weighted by Gasteiger charge is -2.45. The minimum Gasteiger partial charge on any atom is -0.486 e. The van der Waals surface area contributed by atoms with Crippen LogP contribution in [-0.4, -0.2) is 58.0 Å². The molecule has 0 N–H and O–H groups in total. The summed E-state index contributed by atoms with van der Waals surface area (Å²) in [6, 6.07) is 9.10. The fourth-order valence-corrected chi connectivity index (χ4v) is 5.33. The minimum atomic E-state index is -0.912. The van der Waals surface area contributed by atoms with Gasteiger partial charge in [0.25, 0.3) is 11.8 Å². The molecule has 1 fully saturated rings. The van der Waals surface area contributed by atoms with E-state index in [1.807, 2.05) is 6.92 Å². The number of hydrogen-bond donors (Lipinski definition) is 0. The summed E-state index contributed by atoms with van der Waals surface area (Å²) in [6.07, 6.45) is 1.21. The fourth-order valence-electron chi connectivity index (χ4n) is 5.06. The molecule has 0 saturated carbocycles. The number of benzene rings is 2. The summed E-state index contributed by atoms with van der Waals surface area (Å²) in [5.74, 6) is -0.630. The highest BCUT2D eigenvalue weighted by Gasteiger charge is 2.46. The van der Waals surface area contributed by atoms with E-state index in [2.05, 4.69) is 0 Å². The topological polar surface area (TPSA) is 84.0 Å². The molecule has 33 heavy (non-hydrogen) atoms. The zero-order valence-electron chi connectivity index (χ0n) is 18.4. The molecule has 1 atom stereocenters. The predicted molar refractivity (Wildman–Crippen MR) is 121 cm³/mol. The summed E-state index contributed by atoms with van der Waals surface area (Å²) in [5.41, 5.74) is 1.29. The Hall–Kier alpha value is -3.19. The van der Waals surface area contributed by atoms with Crippen molar-refractivity contribution < 1.29 is 23.9 Å². The first-order valence-electron chi connectivity index (χ1n) is 11.0. The molecule has 0 aromatic heterocycles. The maximum atomic E-state index is 13.2. The van der Waals surface area contributed by atoms with Crippen molar-refractivity contribution in [1.29, 1.82) is 0 Å². The summed E-state index contributed by atoms with van der Waals surface area (Å²) >= 11 is 6.11.